The number of rotatable bonds is 2. The lowest BCUT2D eigenvalue weighted by Crippen LogP contribution is -1.47. The SMILES string of the molecule is C#CC.CCCC.CCCC. The van der Waals surface area contributed by atoms with Crippen LogP contribution in [-0.4, -0.2) is 0 Å². The molecule has 0 unspecified atom stereocenters. The van der Waals surface area contributed by atoms with Crippen molar-refractivity contribution in [3.8, 4) is 12.3 Å². The molecule has 0 aliphatic carbocycles. The molecule has 0 bridgehead atoms. The van der Waals surface area contributed by atoms with Crippen LogP contribution in [0, 0.1) is 12.3 Å². The summed E-state index contributed by atoms with van der Waals surface area (Å²) in [7, 11) is 0. The monoisotopic (exact) mass is 156 g/mol. The predicted molar refractivity (Wildman–Crippen MR) is 55.7 cm³/mol. The van der Waals surface area contributed by atoms with Gasteiger partial charge in [-0.05, 0) is 6.92 Å². The lowest BCUT2D eigenvalue weighted by atomic mass is 10.4. The Kier molecular flexibility index (Phi) is 51.7. The molecule has 0 nitrogen and oxygen atoms in total. The van der Waals surface area contributed by atoms with Gasteiger partial charge in [0.1, 0.15) is 0 Å². The van der Waals surface area contributed by atoms with Gasteiger partial charge in [0.15, 0.2) is 0 Å². The Balaban J connectivity index is -0.0000000886. The zero-order valence-electron chi connectivity index (χ0n) is 8.91. The van der Waals surface area contributed by atoms with E-state index in [1.165, 1.54) is 25.7 Å². The van der Waals surface area contributed by atoms with Crippen molar-refractivity contribution in [1.82, 2.24) is 0 Å². The molecule has 68 valence electrons. The van der Waals surface area contributed by atoms with E-state index in [2.05, 4.69) is 40.0 Å². The van der Waals surface area contributed by atoms with Crippen molar-refractivity contribution in [1.29, 1.82) is 0 Å². The summed E-state index contributed by atoms with van der Waals surface area (Å²) < 4.78 is 0. The molecule has 0 spiro atoms. The van der Waals surface area contributed by atoms with Gasteiger partial charge < -0.3 is 0 Å². The van der Waals surface area contributed by atoms with Crippen LogP contribution >= 0.6 is 0 Å². The average molecular weight is 156 g/mol. The summed E-state index contributed by atoms with van der Waals surface area (Å²) in [6, 6.07) is 0. The zero-order chi connectivity index (χ0) is 9.54. The van der Waals surface area contributed by atoms with Crippen LogP contribution in [0.5, 0.6) is 0 Å². The van der Waals surface area contributed by atoms with Crippen LogP contribution in [0.4, 0.5) is 0 Å². The summed E-state index contributed by atoms with van der Waals surface area (Å²) in [6.45, 7) is 10.4. The van der Waals surface area contributed by atoms with Crippen molar-refractivity contribution in [2.75, 3.05) is 0 Å². The fraction of sp³-hybridized carbons (Fsp3) is 0.818. The van der Waals surface area contributed by atoms with E-state index in [1.807, 2.05) is 0 Å². The zero-order valence-corrected chi connectivity index (χ0v) is 8.91. The van der Waals surface area contributed by atoms with Gasteiger partial charge in [-0.25, -0.2) is 0 Å². The summed E-state index contributed by atoms with van der Waals surface area (Å²) >= 11 is 0. The van der Waals surface area contributed by atoms with Crippen molar-refractivity contribution >= 4 is 0 Å². The Morgan fingerprint density at radius 3 is 0.909 bits per heavy atom. The highest BCUT2D eigenvalue weighted by atomic mass is 13.6. The summed E-state index contributed by atoms with van der Waals surface area (Å²) in [6.07, 6.45) is 9.88. The second-order valence-corrected chi connectivity index (χ2v) is 2.29. The van der Waals surface area contributed by atoms with E-state index < -0.39 is 0 Å². The van der Waals surface area contributed by atoms with Gasteiger partial charge in [0.25, 0.3) is 0 Å². The van der Waals surface area contributed by atoms with E-state index in [4.69, 9.17) is 0 Å². The van der Waals surface area contributed by atoms with Gasteiger partial charge in [-0.1, -0.05) is 53.4 Å². The van der Waals surface area contributed by atoms with E-state index in [0.717, 1.165) is 0 Å². The first kappa shape index (κ1) is 16.9. The third kappa shape index (κ3) is 225. The normalized spacial score (nSPS) is 6.18. The first-order valence-electron chi connectivity index (χ1n) is 4.62. The van der Waals surface area contributed by atoms with E-state index in [0.29, 0.717) is 0 Å². The first-order chi connectivity index (χ1) is 5.24. The molecule has 0 amide bonds. The third-order valence-electron chi connectivity index (χ3n) is 1.000. The van der Waals surface area contributed by atoms with Crippen molar-refractivity contribution in [3.05, 3.63) is 0 Å². The summed E-state index contributed by atoms with van der Waals surface area (Å²) in [5, 5.41) is 0. The van der Waals surface area contributed by atoms with Crippen LogP contribution in [0.1, 0.15) is 60.3 Å². The maximum absolute atomic E-state index is 4.60. The van der Waals surface area contributed by atoms with Gasteiger partial charge in [-0.2, -0.15) is 0 Å². The molecule has 0 aliphatic heterocycles. The summed E-state index contributed by atoms with van der Waals surface area (Å²) in [5.74, 6) is 2.25. The molecule has 0 heterocycles. The first-order valence-corrected chi connectivity index (χ1v) is 4.62. The van der Waals surface area contributed by atoms with E-state index in [-0.39, 0.29) is 0 Å². The van der Waals surface area contributed by atoms with Crippen LogP contribution in [0.25, 0.3) is 0 Å². The maximum atomic E-state index is 4.60. The molecule has 0 rings (SSSR count). The smallest absolute Gasteiger partial charge is 0.00297 e. The van der Waals surface area contributed by atoms with E-state index >= 15 is 0 Å². The summed E-state index contributed by atoms with van der Waals surface area (Å²) in [5.41, 5.74) is 0. The second kappa shape index (κ2) is 33.7. The number of hydrogen-bond donors (Lipinski definition) is 0. The Morgan fingerprint density at radius 2 is 0.909 bits per heavy atom. The largest absolute Gasteiger partial charge is 0.120 e. The topological polar surface area (TPSA) is 0 Å². The van der Waals surface area contributed by atoms with Crippen molar-refractivity contribution < 1.29 is 0 Å². The quantitative estimate of drug-likeness (QED) is 0.524. The standard InChI is InChI=1S/2C4H10.C3H4/c2*1-3-4-2;1-3-2/h2*3-4H2,1-2H3;1H,2H3. The highest BCUT2D eigenvalue weighted by Crippen LogP contribution is 1.77. The minimum absolute atomic E-state index is 1.32. The number of unbranched alkanes of at least 4 members (excludes halogenated alkanes) is 2. The van der Waals surface area contributed by atoms with Gasteiger partial charge in [0.05, 0.1) is 0 Å². The molecule has 0 heteroatoms. The Morgan fingerprint density at radius 1 is 0.818 bits per heavy atom. The summed E-state index contributed by atoms with van der Waals surface area (Å²) in [4.78, 5) is 0. The minimum Gasteiger partial charge on any atom is -0.120 e. The number of hydrogen-bond acceptors (Lipinski definition) is 0. The van der Waals surface area contributed by atoms with Crippen molar-refractivity contribution in [2.45, 2.75) is 60.3 Å². The van der Waals surface area contributed by atoms with E-state index in [1.54, 1.807) is 6.92 Å². The Bertz CT molecular complexity index is 48.9. The Labute approximate surface area is 73.4 Å². The third-order valence-corrected chi connectivity index (χ3v) is 1.000. The molecule has 0 aromatic heterocycles. The van der Waals surface area contributed by atoms with Gasteiger partial charge in [-0.15, -0.1) is 12.3 Å². The van der Waals surface area contributed by atoms with Crippen LogP contribution in [0.15, 0.2) is 0 Å². The fourth-order valence-corrected chi connectivity index (χ4v) is 0. The molecule has 0 radical (unpaired) electrons. The predicted octanol–water partition coefficient (Wildman–Crippen LogP) is 4.25. The van der Waals surface area contributed by atoms with Crippen LogP contribution in [0.3, 0.4) is 0 Å². The second-order valence-electron chi connectivity index (χ2n) is 2.29. The van der Waals surface area contributed by atoms with Gasteiger partial charge >= 0.3 is 0 Å². The Hall–Kier alpha value is -0.440. The molecule has 0 aromatic rings. The molecule has 0 saturated heterocycles. The highest BCUT2D eigenvalue weighted by Gasteiger charge is 1.56. The molecule has 0 N–H and O–H groups in total. The van der Waals surface area contributed by atoms with Crippen LogP contribution < -0.4 is 0 Å². The number of terminal acetylenes is 1. The van der Waals surface area contributed by atoms with Gasteiger partial charge in [-0.3, -0.25) is 0 Å². The van der Waals surface area contributed by atoms with E-state index in [9.17, 15) is 0 Å². The van der Waals surface area contributed by atoms with Gasteiger partial charge in [0, 0.05) is 0 Å². The molecule has 0 saturated carbocycles. The molecule has 0 aliphatic rings. The van der Waals surface area contributed by atoms with Crippen LogP contribution in [-0.2, 0) is 0 Å². The molecule has 0 aromatic carbocycles. The van der Waals surface area contributed by atoms with Crippen LogP contribution in [0.2, 0.25) is 0 Å². The molecule has 11 heavy (non-hydrogen) atoms. The van der Waals surface area contributed by atoms with Gasteiger partial charge in [0.2, 0.25) is 0 Å². The molecule has 0 fully saturated rings. The lowest BCUT2D eigenvalue weighted by Gasteiger charge is -1.68. The average Bonchev–Trinajstić information content (AvgIpc) is 2.06. The fourth-order valence-electron chi connectivity index (χ4n) is 0. The molecular formula is C11H24. The highest BCUT2D eigenvalue weighted by molar-refractivity contribution is 4.73. The molecular weight excluding hydrogens is 132 g/mol. The van der Waals surface area contributed by atoms with Crippen molar-refractivity contribution in [3.63, 3.8) is 0 Å². The molecule has 0 atom stereocenters. The minimum atomic E-state index is 1.32. The van der Waals surface area contributed by atoms with Crippen molar-refractivity contribution in [2.24, 2.45) is 0 Å². The maximum Gasteiger partial charge on any atom is -0.00297 e. The lowest BCUT2D eigenvalue weighted by molar-refractivity contribution is 0.886.